The van der Waals surface area contributed by atoms with E-state index in [1.165, 1.54) is 12.1 Å². The molecule has 2 rings (SSSR count). The Morgan fingerprint density at radius 2 is 1.52 bits per heavy atom. The van der Waals surface area contributed by atoms with Crippen LogP contribution in [0.3, 0.4) is 0 Å². The molecule has 0 fully saturated rings. The van der Waals surface area contributed by atoms with Crippen LogP contribution in [0.4, 0.5) is 13.2 Å². The minimum atomic E-state index is -4.35. The fourth-order valence-electron chi connectivity index (χ4n) is 2.62. The van der Waals surface area contributed by atoms with E-state index in [4.69, 9.17) is 10.5 Å². The van der Waals surface area contributed by atoms with Crippen molar-refractivity contribution >= 4 is 0 Å². The number of ether oxygens (including phenoxy) is 1. The fourth-order valence-corrected chi connectivity index (χ4v) is 2.62. The van der Waals surface area contributed by atoms with Gasteiger partial charge in [0.2, 0.25) is 0 Å². The topological polar surface area (TPSA) is 35.2 Å². The van der Waals surface area contributed by atoms with E-state index in [1.54, 1.807) is 0 Å². The van der Waals surface area contributed by atoms with Crippen molar-refractivity contribution in [2.45, 2.75) is 31.5 Å². The van der Waals surface area contributed by atoms with Crippen LogP contribution < -0.4 is 10.5 Å². The highest BCUT2D eigenvalue weighted by Crippen LogP contribution is 2.36. The van der Waals surface area contributed by atoms with E-state index in [9.17, 15) is 13.2 Å². The Hall–Kier alpha value is -2.01. The summed E-state index contributed by atoms with van der Waals surface area (Å²) in [6.45, 7) is 2.40. The van der Waals surface area contributed by atoms with Crippen molar-refractivity contribution in [2.24, 2.45) is 5.73 Å². The summed E-state index contributed by atoms with van der Waals surface area (Å²) in [5.74, 6) is 0.400. The number of nitrogens with two attached hydrogens (primary N) is 1. The van der Waals surface area contributed by atoms with Crippen molar-refractivity contribution in [1.29, 1.82) is 0 Å². The van der Waals surface area contributed by atoms with Crippen molar-refractivity contribution in [1.82, 2.24) is 0 Å². The molecular weight excluding hydrogens is 303 g/mol. The normalized spacial score (nSPS) is 14.3. The molecule has 0 heterocycles. The Balaban J connectivity index is 2.31. The third-order valence-electron chi connectivity index (χ3n) is 3.91. The van der Waals surface area contributed by atoms with Crippen LogP contribution in [0.5, 0.6) is 5.75 Å². The number of halogens is 3. The van der Waals surface area contributed by atoms with Crippen LogP contribution in [0.15, 0.2) is 54.6 Å². The highest BCUT2D eigenvalue weighted by molar-refractivity contribution is 5.31. The molecule has 2 aromatic carbocycles. The Morgan fingerprint density at radius 3 is 2.00 bits per heavy atom. The average molecular weight is 323 g/mol. The smallest absolute Gasteiger partial charge is 0.416 e. The first-order valence-corrected chi connectivity index (χ1v) is 7.53. The number of alkyl halides is 3. The van der Waals surface area contributed by atoms with E-state index < -0.39 is 17.3 Å². The molecule has 2 aromatic rings. The lowest BCUT2D eigenvalue weighted by molar-refractivity contribution is -0.137. The molecule has 0 amide bonds. The maximum atomic E-state index is 12.7. The predicted molar refractivity (Wildman–Crippen MR) is 84.2 cm³/mol. The standard InChI is InChI=1S/C18H20F3NO/c1-2-17(12-13-22,14-6-4-3-5-7-14)23-16-10-8-15(9-11-16)18(19,20)21/h3-11H,2,12-13,22H2,1H3. The minimum absolute atomic E-state index is 0.400. The Kier molecular flexibility index (Phi) is 5.31. The van der Waals surface area contributed by atoms with Gasteiger partial charge in [0.25, 0.3) is 0 Å². The second-order valence-electron chi connectivity index (χ2n) is 5.38. The lowest BCUT2D eigenvalue weighted by Gasteiger charge is -2.34. The number of hydrogen-bond acceptors (Lipinski definition) is 2. The van der Waals surface area contributed by atoms with E-state index in [0.29, 0.717) is 25.1 Å². The third-order valence-corrected chi connectivity index (χ3v) is 3.91. The molecule has 124 valence electrons. The molecule has 0 aliphatic carbocycles. The van der Waals surface area contributed by atoms with Crippen molar-refractivity contribution in [3.8, 4) is 5.75 Å². The van der Waals surface area contributed by atoms with E-state index in [1.807, 2.05) is 37.3 Å². The highest BCUT2D eigenvalue weighted by Gasteiger charge is 2.33. The first kappa shape index (κ1) is 17.3. The van der Waals surface area contributed by atoms with Crippen LogP contribution in [0.25, 0.3) is 0 Å². The molecule has 0 bridgehead atoms. The van der Waals surface area contributed by atoms with Crippen molar-refractivity contribution in [3.05, 3.63) is 65.7 Å². The molecule has 1 atom stereocenters. The van der Waals surface area contributed by atoms with Gasteiger partial charge in [0.1, 0.15) is 11.4 Å². The van der Waals surface area contributed by atoms with Gasteiger partial charge in [-0.2, -0.15) is 13.2 Å². The fraction of sp³-hybridized carbons (Fsp3) is 0.333. The monoisotopic (exact) mass is 323 g/mol. The zero-order valence-electron chi connectivity index (χ0n) is 12.9. The van der Waals surface area contributed by atoms with Crippen LogP contribution in [0, 0.1) is 0 Å². The number of benzene rings is 2. The van der Waals surface area contributed by atoms with Crippen molar-refractivity contribution in [3.63, 3.8) is 0 Å². The maximum absolute atomic E-state index is 12.7. The molecule has 0 saturated heterocycles. The molecule has 1 unspecified atom stereocenters. The molecule has 2 N–H and O–H groups in total. The summed E-state index contributed by atoms with van der Waals surface area (Å²) in [4.78, 5) is 0. The summed E-state index contributed by atoms with van der Waals surface area (Å²) in [5.41, 5.74) is 5.37. The molecule has 0 radical (unpaired) electrons. The van der Waals surface area contributed by atoms with Crippen molar-refractivity contribution < 1.29 is 17.9 Å². The lowest BCUT2D eigenvalue weighted by Crippen LogP contribution is -2.35. The highest BCUT2D eigenvalue weighted by atomic mass is 19.4. The Labute approximate surface area is 134 Å². The molecule has 2 nitrogen and oxygen atoms in total. The quantitative estimate of drug-likeness (QED) is 0.833. The SMILES string of the molecule is CCC(CCN)(Oc1ccc(C(F)(F)F)cc1)c1ccccc1. The van der Waals surface area contributed by atoms with Crippen molar-refractivity contribution in [2.75, 3.05) is 6.54 Å². The van der Waals surface area contributed by atoms with E-state index in [-0.39, 0.29) is 0 Å². The van der Waals surface area contributed by atoms with Gasteiger partial charge in [-0.3, -0.25) is 0 Å². The summed E-state index contributed by atoms with van der Waals surface area (Å²) in [7, 11) is 0. The third kappa shape index (κ3) is 4.05. The molecule has 0 aliphatic rings. The number of rotatable bonds is 6. The first-order valence-electron chi connectivity index (χ1n) is 7.53. The Morgan fingerprint density at radius 1 is 0.913 bits per heavy atom. The Bertz CT molecular complexity index is 610. The van der Waals surface area contributed by atoms with Crippen LogP contribution in [0.2, 0.25) is 0 Å². The second-order valence-corrected chi connectivity index (χ2v) is 5.38. The zero-order valence-corrected chi connectivity index (χ0v) is 12.9. The van der Waals surface area contributed by atoms with Gasteiger partial charge in [-0.1, -0.05) is 37.3 Å². The molecule has 0 aromatic heterocycles. The van der Waals surface area contributed by atoms with Gasteiger partial charge in [-0.25, -0.2) is 0 Å². The summed E-state index contributed by atoms with van der Waals surface area (Å²) >= 11 is 0. The summed E-state index contributed by atoms with van der Waals surface area (Å²) in [6, 6.07) is 14.4. The summed E-state index contributed by atoms with van der Waals surface area (Å²) in [5, 5.41) is 0. The van der Waals surface area contributed by atoms with Crippen LogP contribution in [-0.4, -0.2) is 6.54 Å². The zero-order chi connectivity index (χ0) is 16.9. The van der Waals surface area contributed by atoms with Gasteiger partial charge in [0, 0.05) is 6.42 Å². The average Bonchev–Trinajstić information content (AvgIpc) is 2.55. The van der Waals surface area contributed by atoms with Crippen LogP contribution >= 0.6 is 0 Å². The van der Waals surface area contributed by atoms with E-state index in [2.05, 4.69) is 0 Å². The summed E-state index contributed by atoms with van der Waals surface area (Å²) in [6.07, 6.45) is -3.11. The predicted octanol–water partition coefficient (Wildman–Crippen LogP) is 4.74. The first-order chi connectivity index (χ1) is 10.9. The molecule has 0 saturated carbocycles. The largest absolute Gasteiger partial charge is 0.483 e. The van der Waals surface area contributed by atoms with Gasteiger partial charge in [-0.05, 0) is 42.8 Å². The lowest BCUT2D eigenvalue weighted by atomic mass is 9.87. The molecule has 5 heteroatoms. The molecular formula is C18H20F3NO. The van der Waals surface area contributed by atoms with Crippen LogP contribution in [0.1, 0.15) is 30.9 Å². The van der Waals surface area contributed by atoms with Gasteiger partial charge in [0.15, 0.2) is 0 Å². The number of hydrogen-bond donors (Lipinski definition) is 1. The van der Waals surface area contributed by atoms with Crippen LogP contribution in [-0.2, 0) is 11.8 Å². The summed E-state index contributed by atoms with van der Waals surface area (Å²) < 4.78 is 44.1. The molecule has 0 spiro atoms. The maximum Gasteiger partial charge on any atom is 0.416 e. The van der Waals surface area contributed by atoms with Gasteiger partial charge in [-0.15, -0.1) is 0 Å². The molecule has 0 aliphatic heterocycles. The van der Waals surface area contributed by atoms with Gasteiger partial charge < -0.3 is 10.5 Å². The van der Waals surface area contributed by atoms with Gasteiger partial charge >= 0.3 is 6.18 Å². The van der Waals surface area contributed by atoms with Gasteiger partial charge in [0.05, 0.1) is 5.56 Å². The molecule has 23 heavy (non-hydrogen) atoms. The van der Waals surface area contributed by atoms with E-state index in [0.717, 1.165) is 17.7 Å². The minimum Gasteiger partial charge on any atom is -0.483 e. The van der Waals surface area contributed by atoms with E-state index >= 15 is 0 Å². The second kappa shape index (κ2) is 7.04.